The van der Waals surface area contributed by atoms with Crippen LogP contribution in [0.25, 0.3) is 0 Å². The van der Waals surface area contributed by atoms with Gasteiger partial charge in [-0.15, -0.1) is 0 Å². The van der Waals surface area contributed by atoms with Gasteiger partial charge in [-0.05, 0) is 55.5 Å². The smallest absolute Gasteiger partial charge is 0.262 e. The highest BCUT2D eigenvalue weighted by molar-refractivity contribution is 5.94. The summed E-state index contributed by atoms with van der Waals surface area (Å²) in [5.41, 5.74) is 1.72. The van der Waals surface area contributed by atoms with Crippen molar-refractivity contribution in [2.75, 3.05) is 11.9 Å². The second kappa shape index (κ2) is 7.04. The number of hydrogen-bond donors (Lipinski definition) is 1. The van der Waals surface area contributed by atoms with E-state index in [0.717, 1.165) is 0 Å². The lowest BCUT2D eigenvalue weighted by atomic mass is 10.1. The second-order valence-electron chi connectivity index (χ2n) is 4.61. The summed E-state index contributed by atoms with van der Waals surface area (Å²) in [6.45, 7) is 1.35. The van der Waals surface area contributed by atoms with Crippen molar-refractivity contribution >= 4 is 17.4 Å². The molecule has 0 saturated carbocycles. The number of Topliss-reactive ketones (excluding diaryl/α,β-unsaturated/α-hetero) is 1. The number of nitrogens with one attached hydrogen (secondary N) is 1. The van der Waals surface area contributed by atoms with Gasteiger partial charge in [0.2, 0.25) is 0 Å². The normalized spacial score (nSPS) is 9.64. The number of anilines is 1. The van der Waals surface area contributed by atoms with Gasteiger partial charge >= 0.3 is 0 Å². The fourth-order valence-corrected chi connectivity index (χ4v) is 1.76. The lowest BCUT2D eigenvalue weighted by Crippen LogP contribution is -2.20. The maximum Gasteiger partial charge on any atom is 0.262 e. The first-order valence-electron chi connectivity index (χ1n) is 6.62. The number of amides is 1. The van der Waals surface area contributed by atoms with E-state index in [1.807, 2.05) is 6.07 Å². The molecule has 1 amide bonds. The van der Waals surface area contributed by atoms with E-state index in [2.05, 4.69) is 5.32 Å². The number of carbonyl (C=O) groups is 2. The number of nitrogens with zero attached hydrogens (tertiary/aromatic N) is 1. The summed E-state index contributed by atoms with van der Waals surface area (Å²) >= 11 is 0. The number of benzene rings is 2. The predicted molar refractivity (Wildman–Crippen MR) is 81.7 cm³/mol. The number of carbonyl (C=O) groups excluding carboxylic acids is 2. The van der Waals surface area contributed by atoms with Crippen LogP contribution in [0, 0.1) is 11.3 Å². The molecule has 0 fully saturated rings. The van der Waals surface area contributed by atoms with Crippen LogP contribution in [-0.2, 0) is 4.79 Å². The minimum Gasteiger partial charge on any atom is -0.484 e. The largest absolute Gasteiger partial charge is 0.484 e. The first kappa shape index (κ1) is 15.3. The van der Waals surface area contributed by atoms with Gasteiger partial charge < -0.3 is 10.1 Å². The zero-order chi connectivity index (χ0) is 15.9. The van der Waals surface area contributed by atoms with Crippen molar-refractivity contribution in [3.8, 4) is 11.8 Å². The molecule has 5 nitrogen and oxygen atoms in total. The summed E-state index contributed by atoms with van der Waals surface area (Å²) in [6.07, 6.45) is 0. The summed E-state index contributed by atoms with van der Waals surface area (Å²) in [4.78, 5) is 22.9. The van der Waals surface area contributed by atoms with E-state index in [4.69, 9.17) is 10.00 Å². The van der Waals surface area contributed by atoms with Crippen LogP contribution in [0.1, 0.15) is 22.8 Å². The molecule has 0 spiro atoms. The van der Waals surface area contributed by atoms with Crippen LogP contribution < -0.4 is 10.1 Å². The van der Waals surface area contributed by atoms with E-state index in [1.54, 1.807) is 48.5 Å². The van der Waals surface area contributed by atoms with E-state index in [9.17, 15) is 9.59 Å². The molecule has 0 atom stereocenters. The number of nitriles is 1. The van der Waals surface area contributed by atoms with E-state index in [0.29, 0.717) is 22.6 Å². The van der Waals surface area contributed by atoms with Gasteiger partial charge in [0.15, 0.2) is 12.4 Å². The van der Waals surface area contributed by atoms with Crippen LogP contribution in [0.5, 0.6) is 5.75 Å². The van der Waals surface area contributed by atoms with Crippen LogP contribution in [0.2, 0.25) is 0 Å². The molecule has 2 rings (SSSR count). The van der Waals surface area contributed by atoms with Crippen molar-refractivity contribution in [2.24, 2.45) is 0 Å². The van der Waals surface area contributed by atoms with E-state index >= 15 is 0 Å². The third-order valence-electron chi connectivity index (χ3n) is 2.93. The Hall–Kier alpha value is -3.13. The average Bonchev–Trinajstić information content (AvgIpc) is 2.54. The summed E-state index contributed by atoms with van der Waals surface area (Å²) in [5.74, 6) is 0.186. The van der Waals surface area contributed by atoms with Gasteiger partial charge in [-0.2, -0.15) is 5.26 Å². The zero-order valence-corrected chi connectivity index (χ0v) is 12.0. The highest BCUT2D eigenvalue weighted by Gasteiger charge is 2.05. The van der Waals surface area contributed by atoms with Gasteiger partial charge in [0.25, 0.3) is 5.91 Å². The van der Waals surface area contributed by atoms with Crippen LogP contribution >= 0.6 is 0 Å². The lowest BCUT2D eigenvalue weighted by molar-refractivity contribution is -0.118. The standard InChI is InChI=1S/C17H14N2O3/c1-12(20)14-4-8-16(9-5-14)22-11-17(21)19-15-6-2-13(10-18)3-7-15/h2-9H,11H2,1H3,(H,19,21). The molecule has 5 heteroatoms. The van der Waals surface area contributed by atoms with Crippen molar-refractivity contribution in [3.05, 3.63) is 59.7 Å². The van der Waals surface area contributed by atoms with Gasteiger partial charge in [-0.1, -0.05) is 0 Å². The van der Waals surface area contributed by atoms with Gasteiger partial charge in [0.1, 0.15) is 5.75 Å². The Bertz CT molecular complexity index is 713. The summed E-state index contributed by atoms with van der Waals surface area (Å²) in [7, 11) is 0. The fraction of sp³-hybridized carbons (Fsp3) is 0.118. The zero-order valence-electron chi connectivity index (χ0n) is 12.0. The Morgan fingerprint density at radius 1 is 1.09 bits per heavy atom. The minimum absolute atomic E-state index is 0.0230. The summed E-state index contributed by atoms with van der Waals surface area (Å²) < 4.78 is 5.34. The van der Waals surface area contributed by atoms with Gasteiger partial charge in [-0.3, -0.25) is 9.59 Å². The molecule has 1 N–H and O–H groups in total. The molecule has 22 heavy (non-hydrogen) atoms. The molecule has 0 aliphatic heterocycles. The van der Waals surface area contributed by atoms with Crippen LogP contribution in [0.15, 0.2) is 48.5 Å². The maximum atomic E-state index is 11.8. The van der Waals surface area contributed by atoms with Crippen LogP contribution in [-0.4, -0.2) is 18.3 Å². The van der Waals surface area contributed by atoms with Crippen molar-refractivity contribution in [2.45, 2.75) is 6.92 Å². The minimum atomic E-state index is -0.305. The third kappa shape index (κ3) is 4.18. The van der Waals surface area contributed by atoms with Crippen molar-refractivity contribution < 1.29 is 14.3 Å². The average molecular weight is 294 g/mol. The number of hydrogen-bond acceptors (Lipinski definition) is 4. The first-order valence-corrected chi connectivity index (χ1v) is 6.62. The highest BCUT2D eigenvalue weighted by Crippen LogP contribution is 2.13. The van der Waals surface area contributed by atoms with E-state index < -0.39 is 0 Å². The Labute approximate surface area is 128 Å². The van der Waals surface area contributed by atoms with Gasteiger partial charge in [0.05, 0.1) is 11.6 Å². The number of rotatable bonds is 5. The molecule has 2 aromatic carbocycles. The highest BCUT2D eigenvalue weighted by atomic mass is 16.5. The molecule has 0 saturated heterocycles. The topological polar surface area (TPSA) is 79.2 Å². The van der Waals surface area contributed by atoms with Crippen LogP contribution in [0.3, 0.4) is 0 Å². The Morgan fingerprint density at radius 3 is 2.27 bits per heavy atom. The third-order valence-corrected chi connectivity index (χ3v) is 2.93. The molecule has 110 valence electrons. The first-order chi connectivity index (χ1) is 10.6. The quantitative estimate of drug-likeness (QED) is 0.860. The summed E-state index contributed by atoms with van der Waals surface area (Å²) in [5, 5.41) is 11.4. The molecule has 2 aromatic rings. The van der Waals surface area contributed by atoms with Crippen molar-refractivity contribution in [1.82, 2.24) is 0 Å². The molecule has 0 aliphatic rings. The Morgan fingerprint density at radius 2 is 1.73 bits per heavy atom. The molecular weight excluding hydrogens is 280 g/mol. The SMILES string of the molecule is CC(=O)c1ccc(OCC(=O)Nc2ccc(C#N)cc2)cc1. The maximum absolute atomic E-state index is 11.8. The molecule has 0 unspecified atom stereocenters. The predicted octanol–water partition coefficient (Wildman–Crippen LogP) is 2.78. The fourth-order valence-electron chi connectivity index (χ4n) is 1.76. The lowest BCUT2D eigenvalue weighted by Gasteiger charge is -2.08. The molecular formula is C17H14N2O3. The second-order valence-corrected chi connectivity index (χ2v) is 4.61. The van der Waals surface area contributed by atoms with E-state index in [1.165, 1.54) is 6.92 Å². The Kier molecular flexibility index (Phi) is 4.89. The molecule has 0 bridgehead atoms. The van der Waals surface area contributed by atoms with E-state index in [-0.39, 0.29) is 18.3 Å². The van der Waals surface area contributed by atoms with Crippen molar-refractivity contribution in [3.63, 3.8) is 0 Å². The van der Waals surface area contributed by atoms with Crippen molar-refractivity contribution in [1.29, 1.82) is 5.26 Å². The molecule has 0 heterocycles. The van der Waals surface area contributed by atoms with Gasteiger partial charge in [-0.25, -0.2) is 0 Å². The monoisotopic (exact) mass is 294 g/mol. The summed E-state index contributed by atoms with van der Waals surface area (Å²) in [6, 6.07) is 15.1. The van der Waals surface area contributed by atoms with Crippen LogP contribution in [0.4, 0.5) is 5.69 Å². The number of ketones is 1. The molecule has 0 radical (unpaired) electrons. The molecule has 0 aromatic heterocycles. The Balaban J connectivity index is 1.86. The molecule has 0 aliphatic carbocycles. The number of ether oxygens (including phenoxy) is 1. The van der Waals surface area contributed by atoms with Gasteiger partial charge in [0, 0.05) is 11.3 Å².